The van der Waals surface area contributed by atoms with Crippen molar-refractivity contribution >= 4 is 10.0 Å². The van der Waals surface area contributed by atoms with Gasteiger partial charge in [0.2, 0.25) is 10.0 Å². The van der Waals surface area contributed by atoms with Crippen LogP contribution in [0.3, 0.4) is 0 Å². The van der Waals surface area contributed by atoms with Crippen LogP contribution in [0.2, 0.25) is 0 Å². The van der Waals surface area contributed by atoms with E-state index in [2.05, 4.69) is 37.6 Å². The number of hydrogen-bond acceptors (Lipinski definition) is 2. The van der Waals surface area contributed by atoms with Gasteiger partial charge in [0, 0.05) is 6.04 Å². The summed E-state index contributed by atoms with van der Waals surface area (Å²) in [6.45, 7) is 8.34. The molecule has 1 atom stereocenters. The molecule has 0 aliphatic carbocycles. The molecule has 0 spiro atoms. The molecule has 3 nitrogen and oxygen atoms in total. The summed E-state index contributed by atoms with van der Waals surface area (Å²) in [6, 6.07) is 6.97. The maximum atomic E-state index is 12.6. The topological polar surface area (TPSA) is 46.2 Å². The van der Waals surface area contributed by atoms with Crippen LogP contribution in [-0.2, 0) is 10.0 Å². The Morgan fingerprint density at radius 2 is 1.65 bits per heavy atom. The summed E-state index contributed by atoms with van der Waals surface area (Å²) in [7, 11) is -3.47. The molecule has 0 amide bonds. The molecule has 1 aromatic rings. The van der Waals surface area contributed by atoms with Crippen LogP contribution in [0.5, 0.6) is 0 Å². The zero-order valence-electron chi connectivity index (χ0n) is 14.9. The first-order valence-electron chi connectivity index (χ1n) is 8.68. The van der Waals surface area contributed by atoms with E-state index in [1.165, 1.54) is 0 Å². The summed E-state index contributed by atoms with van der Waals surface area (Å²) in [5.74, 6) is 0.349. The number of hydrogen-bond donors (Lipinski definition) is 1. The van der Waals surface area contributed by atoms with Crippen LogP contribution in [0, 0.1) is 12.8 Å². The lowest BCUT2D eigenvalue weighted by Gasteiger charge is -2.25. The standard InChI is InChI=1S/C19H31NO2S/c1-5-8-9-10-11-19(17(6-2)7-3)20-23(21,22)18-14-12-16(4)13-15-18/h9-10,12-15,17,19-20H,5-8,11H2,1-4H3/b10-9+. The van der Waals surface area contributed by atoms with Crippen molar-refractivity contribution in [1.29, 1.82) is 0 Å². The summed E-state index contributed by atoms with van der Waals surface area (Å²) in [5.41, 5.74) is 1.06. The Morgan fingerprint density at radius 3 is 2.17 bits per heavy atom. The van der Waals surface area contributed by atoms with Crippen LogP contribution in [0.25, 0.3) is 0 Å². The Hall–Kier alpha value is -1.13. The molecule has 0 aliphatic rings. The molecule has 0 bridgehead atoms. The van der Waals surface area contributed by atoms with Crippen LogP contribution in [0.1, 0.15) is 58.4 Å². The van der Waals surface area contributed by atoms with Gasteiger partial charge in [-0.3, -0.25) is 0 Å². The van der Waals surface area contributed by atoms with Crippen molar-refractivity contribution in [2.24, 2.45) is 5.92 Å². The van der Waals surface area contributed by atoms with E-state index < -0.39 is 10.0 Å². The van der Waals surface area contributed by atoms with Gasteiger partial charge in [0.25, 0.3) is 0 Å². The predicted molar refractivity (Wildman–Crippen MR) is 98.0 cm³/mol. The van der Waals surface area contributed by atoms with Crippen molar-refractivity contribution < 1.29 is 8.42 Å². The second-order valence-corrected chi connectivity index (χ2v) is 7.83. The molecule has 0 heterocycles. The average Bonchev–Trinajstić information content (AvgIpc) is 2.52. The summed E-state index contributed by atoms with van der Waals surface area (Å²) in [5, 5.41) is 0. The Morgan fingerprint density at radius 1 is 1.04 bits per heavy atom. The number of rotatable bonds is 10. The molecule has 130 valence electrons. The van der Waals surface area contributed by atoms with Gasteiger partial charge in [0.1, 0.15) is 0 Å². The lowest BCUT2D eigenvalue weighted by molar-refractivity contribution is 0.371. The fourth-order valence-electron chi connectivity index (χ4n) is 2.71. The molecule has 0 aliphatic heterocycles. The number of nitrogens with one attached hydrogen (secondary N) is 1. The third kappa shape index (κ3) is 6.48. The molecule has 0 saturated heterocycles. The molecule has 4 heteroatoms. The molecule has 0 saturated carbocycles. The number of benzene rings is 1. The number of aryl methyl sites for hydroxylation is 1. The zero-order chi connectivity index (χ0) is 17.3. The predicted octanol–water partition coefficient (Wildman–Crippen LogP) is 4.82. The van der Waals surface area contributed by atoms with E-state index in [1.807, 2.05) is 19.1 Å². The van der Waals surface area contributed by atoms with Gasteiger partial charge in [-0.15, -0.1) is 0 Å². The van der Waals surface area contributed by atoms with E-state index in [-0.39, 0.29) is 6.04 Å². The van der Waals surface area contributed by atoms with Gasteiger partial charge in [0.05, 0.1) is 4.90 Å². The first-order chi connectivity index (χ1) is 10.9. The smallest absolute Gasteiger partial charge is 0.207 e. The van der Waals surface area contributed by atoms with Crippen molar-refractivity contribution in [2.45, 2.75) is 70.7 Å². The molecule has 0 fully saturated rings. The van der Waals surface area contributed by atoms with Crippen LogP contribution in [0.4, 0.5) is 0 Å². The Kier molecular flexibility index (Phi) is 8.56. The minimum absolute atomic E-state index is 0.0515. The van der Waals surface area contributed by atoms with Crippen molar-refractivity contribution in [1.82, 2.24) is 4.72 Å². The average molecular weight is 338 g/mol. The van der Waals surface area contributed by atoms with Gasteiger partial charge in [-0.2, -0.15) is 0 Å². The van der Waals surface area contributed by atoms with E-state index in [0.717, 1.165) is 37.7 Å². The van der Waals surface area contributed by atoms with Gasteiger partial charge in [-0.1, -0.05) is 69.9 Å². The summed E-state index contributed by atoms with van der Waals surface area (Å²) in [4.78, 5) is 0.344. The molecule has 23 heavy (non-hydrogen) atoms. The second-order valence-electron chi connectivity index (χ2n) is 6.11. The maximum absolute atomic E-state index is 12.6. The molecule has 0 aromatic heterocycles. The monoisotopic (exact) mass is 337 g/mol. The molecule has 0 radical (unpaired) electrons. The van der Waals surface area contributed by atoms with E-state index in [9.17, 15) is 8.42 Å². The fraction of sp³-hybridized carbons (Fsp3) is 0.579. The molecular weight excluding hydrogens is 306 g/mol. The van der Waals surface area contributed by atoms with Crippen molar-refractivity contribution in [3.8, 4) is 0 Å². The van der Waals surface area contributed by atoms with Gasteiger partial charge in [-0.25, -0.2) is 13.1 Å². The van der Waals surface area contributed by atoms with Gasteiger partial charge < -0.3 is 0 Å². The van der Waals surface area contributed by atoms with E-state index >= 15 is 0 Å². The summed E-state index contributed by atoms with van der Waals surface area (Å²) in [6.07, 6.45) is 9.11. The Bertz CT molecular complexity index is 572. The third-order valence-corrected chi connectivity index (χ3v) is 5.77. The highest BCUT2D eigenvalue weighted by molar-refractivity contribution is 7.89. The van der Waals surface area contributed by atoms with Gasteiger partial charge >= 0.3 is 0 Å². The van der Waals surface area contributed by atoms with Crippen molar-refractivity contribution in [3.05, 3.63) is 42.0 Å². The van der Waals surface area contributed by atoms with E-state index in [1.54, 1.807) is 12.1 Å². The Balaban J connectivity index is 2.91. The quantitative estimate of drug-likeness (QED) is 0.622. The summed E-state index contributed by atoms with van der Waals surface area (Å²) >= 11 is 0. The first-order valence-corrected chi connectivity index (χ1v) is 10.2. The number of sulfonamides is 1. The fourth-order valence-corrected chi connectivity index (χ4v) is 4.02. The van der Waals surface area contributed by atoms with Crippen LogP contribution in [0.15, 0.2) is 41.3 Å². The largest absolute Gasteiger partial charge is 0.240 e. The summed E-state index contributed by atoms with van der Waals surface area (Å²) < 4.78 is 28.2. The van der Waals surface area contributed by atoms with E-state index in [0.29, 0.717) is 10.8 Å². The SMILES string of the molecule is CCC/C=C/CC(NS(=O)(=O)c1ccc(C)cc1)C(CC)CC. The van der Waals surface area contributed by atoms with Crippen LogP contribution in [-0.4, -0.2) is 14.5 Å². The normalized spacial score (nSPS) is 13.8. The molecule has 1 aromatic carbocycles. The minimum Gasteiger partial charge on any atom is -0.207 e. The molecular formula is C19H31NO2S. The highest BCUT2D eigenvalue weighted by Gasteiger charge is 2.24. The minimum atomic E-state index is -3.47. The zero-order valence-corrected chi connectivity index (χ0v) is 15.7. The number of allylic oxidation sites excluding steroid dienone is 1. The highest BCUT2D eigenvalue weighted by Crippen LogP contribution is 2.20. The van der Waals surface area contributed by atoms with Gasteiger partial charge in [0.15, 0.2) is 0 Å². The number of unbranched alkanes of at least 4 members (excludes halogenated alkanes) is 1. The lowest BCUT2D eigenvalue weighted by Crippen LogP contribution is -2.39. The first kappa shape index (κ1) is 19.9. The lowest BCUT2D eigenvalue weighted by atomic mass is 9.92. The molecule has 1 N–H and O–H groups in total. The Labute approximate surface area is 142 Å². The van der Waals surface area contributed by atoms with Crippen molar-refractivity contribution in [3.63, 3.8) is 0 Å². The van der Waals surface area contributed by atoms with Gasteiger partial charge in [-0.05, 0) is 37.8 Å². The van der Waals surface area contributed by atoms with Crippen molar-refractivity contribution in [2.75, 3.05) is 0 Å². The molecule has 1 rings (SSSR count). The second kappa shape index (κ2) is 9.89. The van der Waals surface area contributed by atoms with E-state index in [4.69, 9.17) is 0 Å². The highest BCUT2D eigenvalue weighted by atomic mass is 32.2. The maximum Gasteiger partial charge on any atom is 0.240 e. The molecule has 1 unspecified atom stereocenters. The third-order valence-electron chi connectivity index (χ3n) is 4.27. The van der Waals surface area contributed by atoms with Crippen LogP contribution >= 0.6 is 0 Å². The van der Waals surface area contributed by atoms with Crippen LogP contribution < -0.4 is 4.72 Å².